The van der Waals surface area contributed by atoms with Gasteiger partial charge in [0.05, 0.1) is 5.69 Å². The van der Waals surface area contributed by atoms with Crippen LogP contribution in [0.25, 0.3) is 0 Å². The van der Waals surface area contributed by atoms with Gasteiger partial charge in [0, 0.05) is 57.4 Å². The maximum atomic E-state index is 12.3. The summed E-state index contributed by atoms with van der Waals surface area (Å²) in [5.74, 6) is 1.04. The third-order valence-electron chi connectivity index (χ3n) is 4.15. The third kappa shape index (κ3) is 7.23. The first-order chi connectivity index (χ1) is 13.1. The fourth-order valence-electron chi connectivity index (χ4n) is 2.87. The second-order valence-corrected chi connectivity index (χ2v) is 10.2. The van der Waals surface area contributed by atoms with Crippen LogP contribution in [0.15, 0.2) is 27.5 Å². The quantitative estimate of drug-likeness (QED) is 0.227. The van der Waals surface area contributed by atoms with Gasteiger partial charge >= 0.3 is 0 Å². The molecule has 0 fully saturated rings. The Morgan fingerprint density at radius 2 is 2.03 bits per heavy atom. The van der Waals surface area contributed by atoms with E-state index < -0.39 is 10.0 Å². The van der Waals surface area contributed by atoms with Gasteiger partial charge in [0.1, 0.15) is 4.21 Å². The van der Waals surface area contributed by atoms with Gasteiger partial charge in [0.2, 0.25) is 10.0 Å². The summed E-state index contributed by atoms with van der Waals surface area (Å²) >= 11 is 1.26. The highest BCUT2D eigenvalue weighted by atomic mass is 127. The highest BCUT2D eigenvalue weighted by Gasteiger charge is 2.17. The van der Waals surface area contributed by atoms with E-state index in [9.17, 15) is 8.42 Å². The molecule has 0 aromatic carbocycles. The molecule has 0 bridgehead atoms. The minimum absolute atomic E-state index is 0. The van der Waals surface area contributed by atoms with Crippen molar-refractivity contribution in [3.63, 3.8) is 0 Å². The van der Waals surface area contributed by atoms with Crippen molar-refractivity contribution in [3.8, 4) is 0 Å². The van der Waals surface area contributed by atoms with Crippen LogP contribution in [-0.4, -0.2) is 56.2 Å². The first-order valence-corrected chi connectivity index (χ1v) is 11.4. The van der Waals surface area contributed by atoms with Crippen LogP contribution >= 0.6 is 35.3 Å². The Morgan fingerprint density at radius 1 is 1.34 bits per heavy atom. The van der Waals surface area contributed by atoms with Crippen LogP contribution in [0, 0.1) is 6.92 Å². The molecule has 0 saturated carbocycles. The average Bonchev–Trinajstić information content (AvgIpc) is 3.21. The number of hydrogen-bond donors (Lipinski definition) is 2. The summed E-state index contributed by atoms with van der Waals surface area (Å²) in [7, 11) is 2.12. The van der Waals surface area contributed by atoms with Gasteiger partial charge in [-0.1, -0.05) is 13.8 Å². The molecule has 0 saturated heterocycles. The Bertz CT molecular complexity index is 921. The summed E-state index contributed by atoms with van der Waals surface area (Å²) in [4.78, 5) is 7.26. The molecule has 2 heterocycles. The fraction of sp³-hybridized carbons (Fsp3) is 0.556. The lowest BCUT2D eigenvalue weighted by Crippen LogP contribution is -2.42. The molecule has 164 valence electrons. The molecule has 8 nitrogen and oxygen atoms in total. The summed E-state index contributed by atoms with van der Waals surface area (Å²) in [5.41, 5.74) is 2.22. The minimum Gasteiger partial charge on any atom is -0.355 e. The second kappa shape index (κ2) is 11.3. The molecule has 0 atom stereocenters. The maximum absolute atomic E-state index is 12.3. The van der Waals surface area contributed by atoms with Gasteiger partial charge in [-0.25, -0.2) is 13.1 Å². The van der Waals surface area contributed by atoms with E-state index in [0.29, 0.717) is 29.2 Å². The van der Waals surface area contributed by atoms with Gasteiger partial charge in [-0.3, -0.25) is 9.67 Å². The zero-order valence-corrected chi connectivity index (χ0v) is 21.7. The number of rotatable bonds is 8. The standard InChI is InChI=1S/C18H30N6O2S2.HI/c1-13(2)17-15(12-24(6)22-17)11-23(5)18(19-4)20-9-10-21-28(25,26)16-8-7-14(3)27-16;/h7-8,12-13,21H,9-11H2,1-6H3,(H,19,20);1H. The van der Waals surface area contributed by atoms with Crippen LogP contribution < -0.4 is 10.0 Å². The molecule has 0 aliphatic rings. The van der Waals surface area contributed by atoms with E-state index in [1.807, 2.05) is 36.8 Å². The normalized spacial score (nSPS) is 12.2. The molecule has 2 N–H and O–H groups in total. The number of guanidine groups is 1. The predicted molar refractivity (Wildman–Crippen MR) is 130 cm³/mol. The van der Waals surface area contributed by atoms with E-state index in [-0.39, 0.29) is 30.5 Å². The largest absolute Gasteiger partial charge is 0.355 e. The number of hydrogen-bond acceptors (Lipinski definition) is 5. The Morgan fingerprint density at radius 3 is 2.59 bits per heavy atom. The minimum atomic E-state index is -3.46. The molecule has 0 amide bonds. The Hall–Kier alpha value is -1.18. The van der Waals surface area contributed by atoms with E-state index in [1.165, 1.54) is 11.3 Å². The molecular weight excluding hydrogens is 523 g/mol. The first kappa shape index (κ1) is 25.9. The van der Waals surface area contributed by atoms with Crippen molar-refractivity contribution < 1.29 is 8.42 Å². The van der Waals surface area contributed by atoms with Crippen LogP contribution in [0.5, 0.6) is 0 Å². The number of aromatic nitrogens is 2. The van der Waals surface area contributed by atoms with Crippen LogP contribution in [0.1, 0.15) is 35.9 Å². The molecule has 0 aliphatic heterocycles. The lowest BCUT2D eigenvalue weighted by Gasteiger charge is -2.22. The smallest absolute Gasteiger partial charge is 0.250 e. The summed E-state index contributed by atoms with van der Waals surface area (Å²) < 4.78 is 29.3. The van der Waals surface area contributed by atoms with Gasteiger partial charge in [0.15, 0.2) is 5.96 Å². The molecular formula is C18H31IN6O2S2. The van der Waals surface area contributed by atoms with Gasteiger partial charge in [0.25, 0.3) is 0 Å². The van der Waals surface area contributed by atoms with E-state index in [1.54, 1.807) is 19.2 Å². The third-order valence-corrected chi connectivity index (χ3v) is 7.10. The van der Waals surface area contributed by atoms with Crippen LogP contribution in [0.3, 0.4) is 0 Å². The summed E-state index contributed by atoms with van der Waals surface area (Å²) in [6.45, 7) is 7.51. The molecule has 2 aromatic heterocycles. The van der Waals surface area contributed by atoms with Crippen molar-refractivity contribution in [1.29, 1.82) is 0 Å². The zero-order valence-electron chi connectivity index (χ0n) is 17.8. The monoisotopic (exact) mass is 554 g/mol. The van der Waals surface area contributed by atoms with E-state index in [4.69, 9.17) is 0 Å². The number of aryl methyl sites for hydroxylation is 2. The SMILES string of the molecule is CN=C(NCCNS(=O)(=O)c1ccc(C)s1)N(C)Cc1cn(C)nc1C(C)C.I. The topological polar surface area (TPSA) is 91.6 Å². The highest BCUT2D eigenvalue weighted by molar-refractivity contribution is 14.0. The average molecular weight is 555 g/mol. The maximum Gasteiger partial charge on any atom is 0.250 e. The van der Waals surface area contributed by atoms with Gasteiger partial charge in [-0.05, 0) is 25.0 Å². The number of sulfonamides is 1. The van der Waals surface area contributed by atoms with Gasteiger partial charge < -0.3 is 10.2 Å². The van der Waals surface area contributed by atoms with Gasteiger partial charge in [-0.15, -0.1) is 35.3 Å². The zero-order chi connectivity index (χ0) is 20.9. The number of thiophene rings is 1. The van der Waals surface area contributed by atoms with Crippen LogP contribution in [0.2, 0.25) is 0 Å². The molecule has 0 radical (unpaired) electrons. The van der Waals surface area contributed by atoms with E-state index in [2.05, 4.69) is 34.0 Å². The van der Waals surface area contributed by atoms with Crippen molar-refractivity contribution >= 4 is 51.3 Å². The number of nitrogens with one attached hydrogen (secondary N) is 2. The molecule has 0 unspecified atom stereocenters. The molecule has 0 aliphatic carbocycles. The number of nitrogens with zero attached hydrogens (tertiary/aromatic N) is 4. The van der Waals surface area contributed by atoms with Crippen molar-refractivity contribution in [2.45, 2.75) is 37.4 Å². The Balaban J connectivity index is 0.00000420. The fourth-order valence-corrected chi connectivity index (χ4v) is 5.22. The van der Waals surface area contributed by atoms with Crippen LogP contribution in [-0.2, 0) is 23.6 Å². The second-order valence-electron chi connectivity index (χ2n) is 6.96. The van der Waals surface area contributed by atoms with Crippen LogP contribution in [0.4, 0.5) is 0 Å². The Labute approximate surface area is 194 Å². The van der Waals surface area contributed by atoms with Gasteiger partial charge in [-0.2, -0.15) is 5.10 Å². The van der Waals surface area contributed by atoms with Crippen molar-refractivity contribution in [2.75, 3.05) is 27.2 Å². The molecule has 2 rings (SSSR count). The lowest BCUT2D eigenvalue weighted by molar-refractivity contribution is 0.473. The summed E-state index contributed by atoms with van der Waals surface area (Å²) in [6.07, 6.45) is 2.02. The molecule has 11 heteroatoms. The Kier molecular flexibility index (Phi) is 10.1. The first-order valence-electron chi connectivity index (χ1n) is 9.14. The lowest BCUT2D eigenvalue weighted by atomic mass is 10.1. The van der Waals surface area contributed by atoms with Crippen molar-refractivity contribution in [2.24, 2.45) is 12.0 Å². The van der Waals surface area contributed by atoms with E-state index in [0.717, 1.165) is 16.1 Å². The molecule has 0 spiro atoms. The molecule has 2 aromatic rings. The van der Waals surface area contributed by atoms with Crippen molar-refractivity contribution in [3.05, 3.63) is 34.5 Å². The summed E-state index contributed by atoms with van der Waals surface area (Å²) in [6, 6.07) is 3.43. The number of aliphatic imine (C=N–C) groups is 1. The predicted octanol–water partition coefficient (Wildman–Crippen LogP) is 2.52. The van der Waals surface area contributed by atoms with Crippen molar-refractivity contribution in [1.82, 2.24) is 24.7 Å². The highest BCUT2D eigenvalue weighted by Crippen LogP contribution is 2.20. The number of halogens is 1. The molecule has 29 heavy (non-hydrogen) atoms. The van der Waals surface area contributed by atoms with E-state index >= 15 is 0 Å². The summed E-state index contributed by atoms with van der Waals surface area (Å²) in [5, 5.41) is 7.73.